The van der Waals surface area contributed by atoms with E-state index in [1.807, 2.05) is 20.8 Å². The summed E-state index contributed by atoms with van der Waals surface area (Å²) in [6.07, 6.45) is 11.0. The summed E-state index contributed by atoms with van der Waals surface area (Å²) < 4.78 is 0. The fourth-order valence-electron chi connectivity index (χ4n) is 4.11. The minimum atomic E-state index is -1.10. The molecule has 10 nitrogen and oxygen atoms in total. The van der Waals surface area contributed by atoms with Crippen LogP contribution in [0.2, 0.25) is 0 Å². The molecule has 0 radical (unpaired) electrons. The molecule has 0 aliphatic heterocycles. The van der Waals surface area contributed by atoms with Crippen molar-refractivity contribution in [1.29, 1.82) is 0 Å². The molecule has 0 fully saturated rings. The Kier molecular flexibility index (Phi) is 17.3. The topological polar surface area (TPSA) is 187 Å². The van der Waals surface area contributed by atoms with Gasteiger partial charge in [0.2, 0.25) is 5.78 Å². The Labute approximate surface area is 271 Å². The summed E-state index contributed by atoms with van der Waals surface area (Å²) in [4.78, 5) is 45.3. The number of hydrogen-bond acceptors (Lipinski definition) is 11. The third-order valence-electron chi connectivity index (χ3n) is 6.88. The Balaban J connectivity index is 0.000000872. The van der Waals surface area contributed by atoms with Crippen molar-refractivity contribution in [2.45, 2.75) is 96.4 Å². The van der Waals surface area contributed by atoms with Crippen molar-refractivity contribution < 1.29 is 41.0 Å². The first-order chi connectivity index (χ1) is 20.6. The molecule has 0 bridgehead atoms. The number of aliphatic carboxylic acids is 1. The van der Waals surface area contributed by atoms with E-state index in [0.29, 0.717) is 25.5 Å². The molecular weight excluding hydrogens is 604 g/mol. The Bertz CT molecular complexity index is 1200. The van der Waals surface area contributed by atoms with Gasteiger partial charge in [-0.2, -0.15) is 12.6 Å². The highest BCUT2D eigenvalue weighted by molar-refractivity contribution is 8.00. The number of anilines is 1. The van der Waals surface area contributed by atoms with Gasteiger partial charge >= 0.3 is 7.40 Å². The SMILES string of the molecule is CC(C)(C)C1=CC(SCC(N)C(=O)O)C(=O)C(O)=C1.CCCCCCCC(=O)CCc1cc(O)c(O)c(N[C@H](C=O)CS)c1.[H+]. The molecule has 0 heterocycles. The van der Waals surface area contributed by atoms with Gasteiger partial charge < -0.3 is 36.3 Å². The predicted octanol–water partition coefficient (Wildman–Crippen LogP) is 5.48. The zero-order chi connectivity index (χ0) is 33.4. The van der Waals surface area contributed by atoms with Gasteiger partial charge in [0.25, 0.3) is 0 Å². The third kappa shape index (κ3) is 13.8. The van der Waals surface area contributed by atoms with E-state index in [0.717, 1.165) is 35.7 Å². The quantitative estimate of drug-likeness (QED) is 0.0488. The maximum absolute atomic E-state index is 12.0. The number of allylic oxidation sites excluding steroid dienone is 3. The molecule has 0 amide bonds. The Hall–Kier alpha value is -2.96. The van der Waals surface area contributed by atoms with E-state index in [2.05, 4.69) is 24.9 Å². The van der Waals surface area contributed by atoms with E-state index in [9.17, 15) is 34.5 Å². The first kappa shape index (κ1) is 39.1. The van der Waals surface area contributed by atoms with E-state index in [1.54, 1.807) is 12.1 Å². The zero-order valence-corrected chi connectivity index (χ0v) is 27.8. The van der Waals surface area contributed by atoms with Crippen LogP contribution in [0.3, 0.4) is 0 Å². The second-order valence-electron chi connectivity index (χ2n) is 11.7. The van der Waals surface area contributed by atoms with Gasteiger partial charge in [0, 0.05) is 24.3 Å². The van der Waals surface area contributed by atoms with Gasteiger partial charge in [-0.3, -0.25) is 14.4 Å². The van der Waals surface area contributed by atoms with E-state index in [1.165, 1.54) is 31.4 Å². The third-order valence-corrected chi connectivity index (χ3v) is 8.53. The second-order valence-corrected chi connectivity index (χ2v) is 13.3. The number of phenolic OH excluding ortho intramolecular Hbond substituents is 2. The highest BCUT2D eigenvalue weighted by atomic mass is 32.2. The molecule has 12 heteroatoms. The van der Waals surface area contributed by atoms with Crippen molar-refractivity contribution in [1.82, 2.24) is 0 Å². The summed E-state index contributed by atoms with van der Waals surface area (Å²) in [7, 11) is 0. The number of carboxylic acid groups (broad SMARTS) is 1. The number of carbonyl (C=O) groups excluding carboxylic acids is 3. The number of ketones is 2. The summed E-state index contributed by atoms with van der Waals surface area (Å²) in [5.74, 6) is -1.77. The molecule has 7 N–H and O–H groups in total. The summed E-state index contributed by atoms with van der Waals surface area (Å²) in [5.41, 5.74) is 7.07. The molecule has 1 aromatic rings. The van der Waals surface area contributed by atoms with E-state index >= 15 is 0 Å². The van der Waals surface area contributed by atoms with Crippen molar-refractivity contribution in [3.63, 3.8) is 0 Å². The number of aliphatic hydroxyl groups excluding tert-OH is 1. The van der Waals surface area contributed by atoms with Crippen LogP contribution >= 0.6 is 24.4 Å². The molecular formula is C32H49N2O8S2+. The molecule has 246 valence electrons. The Morgan fingerprint density at radius 2 is 1.80 bits per heavy atom. The van der Waals surface area contributed by atoms with Gasteiger partial charge in [0.1, 0.15) is 18.1 Å². The van der Waals surface area contributed by atoms with Crippen LogP contribution in [0.15, 0.2) is 35.6 Å². The number of benzene rings is 1. The summed E-state index contributed by atoms with van der Waals surface area (Å²) in [6.45, 7) is 8.09. The molecule has 1 aliphatic rings. The number of Topliss-reactive ketones (excluding diaryl/α,β-unsaturated/α-hetero) is 2. The molecule has 44 heavy (non-hydrogen) atoms. The molecule has 1 aromatic carbocycles. The number of aryl methyl sites for hydroxylation is 1. The van der Waals surface area contributed by atoms with Crippen molar-refractivity contribution >= 4 is 53.9 Å². The molecule has 0 aromatic heterocycles. The Morgan fingerprint density at radius 3 is 2.36 bits per heavy atom. The van der Waals surface area contributed by atoms with Crippen LogP contribution in [0.5, 0.6) is 11.5 Å². The van der Waals surface area contributed by atoms with Crippen LogP contribution < -0.4 is 11.1 Å². The molecule has 0 saturated carbocycles. The number of unbranched alkanes of at least 4 members (excludes halogenated alkanes) is 4. The predicted molar refractivity (Wildman–Crippen MR) is 180 cm³/mol. The first-order valence-electron chi connectivity index (χ1n) is 14.8. The molecule has 3 atom stereocenters. The largest absolute Gasteiger partial charge is 1.00 e. The molecule has 0 spiro atoms. The number of aliphatic hydroxyl groups is 1. The number of hydrogen-bond donors (Lipinski definition) is 7. The van der Waals surface area contributed by atoms with E-state index < -0.39 is 29.1 Å². The number of aldehydes is 1. The normalized spacial score (nSPS) is 16.1. The molecule has 0 saturated heterocycles. The highest BCUT2D eigenvalue weighted by Crippen LogP contribution is 2.36. The average Bonchev–Trinajstić information content (AvgIpc) is 2.97. The van der Waals surface area contributed by atoms with Crippen LogP contribution in [0.1, 0.15) is 79.6 Å². The monoisotopic (exact) mass is 653 g/mol. The standard InChI is InChI=1S/C19H29NO4S.C13H19NO4S/c1-2-3-4-5-6-7-16(22)9-8-14-10-17(19(24)18(23)11-14)20-15(12-21)13-25;1-13(2,3)7-4-9(15)11(16)10(5-7)19-6-8(14)12(17)18/h10-12,15,20,23-25H,2-9,13H2,1H3;4-5,8,10,15H,6,14H2,1-3H3,(H,17,18)/p+1/t15-;/m1./s1. The van der Waals surface area contributed by atoms with Crippen molar-refractivity contribution in [2.75, 3.05) is 16.8 Å². The van der Waals surface area contributed by atoms with Crippen molar-refractivity contribution in [2.24, 2.45) is 11.1 Å². The Morgan fingerprint density at radius 1 is 1.14 bits per heavy atom. The van der Waals surface area contributed by atoms with Gasteiger partial charge in [-0.25, -0.2) is 0 Å². The summed E-state index contributed by atoms with van der Waals surface area (Å²) in [5, 5.41) is 40.4. The maximum atomic E-state index is 12.0. The minimum Gasteiger partial charge on any atom is -0.504 e. The number of thioether (sulfide) groups is 1. The number of nitrogens with one attached hydrogen (secondary N) is 1. The number of nitrogens with two attached hydrogens (primary N) is 1. The number of rotatable bonds is 17. The lowest BCUT2D eigenvalue weighted by Crippen LogP contribution is -2.34. The lowest BCUT2D eigenvalue weighted by Gasteiger charge is -2.26. The van der Waals surface area contributed by atoms with Gasteiger partial charge in [-0.1, -0.05) is 59.5 Å². The fraction of sp³-hybridized carbons (Fsp3) is 0.562. The highest BCUT2D eigenvalue weighted by Gasteiger charge is 2.30. The number of carbonyl (C=O) groups is 4. The smallest absolute Gasteiger partial charge is 0.504 e. The number of aromatic hydroxyl groups is 2. The van der Waals surface area contributed by atoms with Crippen LogP contribution in [0, 0.1) is 5.41 Å². The molecule has 2 unspecified atom stereocenters. The fourth-order valence-corrected chi connectivity index (χ4v) is 5.36. The number of carboxylic acids is 1. The van der Waals surface area contributed by atoms with Crippen LogP contribution in [-0.4, -0.2) is 73.1 Å². The summed E-state index contributed by atoms with van der Waals surface area (Å²) in [6, 6.07) is 1.53. The van der Waals surface area contributed by atoms with Gasteiger partial charge in [0.05, 0.1) is 17.0 Å². The molecule has 2 rings (SSSR count). The molecule has 1 aliphatic carbocycles. The lowest BCUT2D eigenvalue weighted by molar-refractivity contribution is -0.138. The van der Waals surface area contributed by atoms with Crippen LogP contribution in [-0.2, 0) is 25.6 Å². The lowest BCUT2D eigenvalue weighted by atomic mass is 9.83. The minimum absolute atomic E-state index is 0. The van der Waals surface area contributed by atoms with Crippen molar-refractivity contribution in [3.8, 4) is 11.5 Å². The number of phenols is 2. The van der Waals surface area contributed by atoms with Crippen molar-refractivity contribution in [3.05, 3.63) is 41.2 Å². The van der Waals surface area contributed by atoms with Gasteiger partial charge in [-0.15, -0.1) is 11.8 Å². The zero-order valence-electron chi connectivity index (χ0n) is 27.0. The first-order valence-corrected chi connectivity index (χ1v) is 16.5. The van der Waals surface area contributed by atoms with Crippen LogP contribution in [0.4, 0.5) is 5.69 Å². The van der Waals surface area contributed by atoms with Gasteiger partial charge in [-0.05, 0) is 47.6 Å². The maximum Gasteiger partial charge on any atom is 1.00 e. The van der Waals surface area contributed by atoms with Crippen LogP contribution in [0.25, 0.3) is 0 Å². The van der Waals surface area contributed by atoms with Gasteiger partial charge in [0.15, 0.2) is 17.3 Å². The second kappa shape index (κ2) is 19.4. The number of thiol groups is 1. The van der Waals surface area contributed by atoms with E-state index in [-0.39, 0.29) is 47.1 Å². The summed E-state index contributed by atoms with van der Waals surface area (Å²) >= 11 is 5.18. The van der Waals surface area contributed by atoms with E-state index in [4.69, 9.17) is 10.8 Å². The average molecular weight is 654 g/mol.